The number of piperidine rings is 1. The fraction of sp³-hybridized carbons (Fsp3) is 0.261. The summed E-state index contributed by atoms with van der Waals surface area (Å²) in [5.74, 6) is 0. The molecule has 1 aliphatic heterocycles. The van der Waals surface area contributed by atoms with Gasteiger partial charge in [-0.25, -0.2) is 4.98 Å². The zero-order chi connectivity index (χ0) is 20.7. The van der Waals surface area contributed by atoms with Gasteiger partial charge in [0.25, 0.3) is 5.56 Å². The van der Waals surface area contributed by atoms with Crippen LogP contribution in [0.1, 0.15) is 25.0 Å². The number of hydrogen-bond donors (Lipinski definition) is 2. The maximum atomic E-state index is 13.5. The van der Waals surface area contributed by atoms with Gasteiger partial charge in [-0.3, -0.25) is 14.7 Å². The lowest BCUT2D eigenvalue weighted by atomic mass is 10.1. The molecular weight excluding hydrogens is 378 g/mol. The summed E-state index contributed by atoms with van der Waals surface area (Å²) in [5.41, 5.74) is 4.94. The first-order valence-electron chi connectivity index (χ1n) is 10.3. The number of H-pyrrole nitrogens is 2. The van der Waals surface area contributed by atoms with Crippen LogP contribution in [0.25, 0.3) is 28.0 Å². The minimum atomic E-state index is -0.204. The Morgan fingerprint density at radius 2 is 1.70 bits per heavy atom. The molecule has 0 atom stereocenters. The van der Waals surface area contributed by atoms with Gasteiger partial charge in [0.2, 0.25) is 5.56 Å². The van der Waals surface area contributed by atoms with Crippen LogP contribution >= 0.6 is 0 Å². The molecular formula is C23H23N5O2. The molecule has 152 valence electrons. The molecule has 1 saturated heterocycles. The van der Waals surface area contributed by atoms with Crippen LogP contribution in [0.5, 0.6) is 0 Å². The van der Waals surface area contributed by atoms with E-state index in [1.165, 1.54) is 12.5 Å². The summed E-state index contributed by atoms with van der Waals surface area (Å²) in [6, 6.07) is 13.1. The maximum absolute atomic E-state index is 13.5. The number of hydrogen-bond acceptors (Lipinski definition) is 4. The summed E-state index contributed by atoms with van der Waals surface area (Å²) < 4.78 is 1.54. The zero-order valence-corrected chi connectivity index (χ0v) is 16.8. The van der Waals surface area contributed by atoms with Crippen molar-refractivity contribution in [1.29, 1.82) is 0 Å². The number of fused-ring (bicyclic) bond motifs is 1. The fourth-order valence-corrected chi connectivity index (χ4v) is 4.29. The molecule has 0 unspecified atom stereocenters. The van der Waals surface area contributed by atoms with Gasteiger partial charge in [0.1, 0.15) is 5.69 Å². The standard InChI is InChI=1S/C23H23N5O2/c1-15-19(17-10-11-18(29)24-14-17)23(30)28-22(25-15)21(27-12-6-3-7-13-27)20(26-28)16-8-4-2-5-9-16/h2,4-5,8-11,14,26H,3,6-7,12-13H2,1H3,(H,24,29). The highest BCUT2D eigenvalue weighted by molar-refractivity contribution is 5.86. The Morgan fingerprint density at radius 1 is 0.933 bits per heavy atom. The first kappa shape index (κ1) is 18.4. The molecule has 4 heterocycles. The second-order valence-corrected chi connectivity index (χ2v) is 7.73. The van der Waals surface area contributed by atoms with Crippen molar-refractivity contribution >= 4 is 11.3 Å². The van der Waals surface area contributed by atoms with E-state index in [0.717, 1.165) is 42.9 Å². The van der Waals surface area contributed by atoms with Crippen LogP contribution in [0, 0.1) is 6.92 Å². The SMILES string of the molecule is Cc1nc2c(N3CCCCC3)c(-c3ccccc3)[nH]n2c(=O)c1-c1ccc(=O)[nH]c1. The predicted octanol–water partition coefficient (Wildman–Crippen LogP) is 3.34. The number of pyridine rings is 1. The van der Waals surface area contributed by atoms with Gasteiger partial charge < -0.3 is 9.88 Å². The highest BCUT2D eigenvalue weighted by Gasteiger charge is 2.24. The number of aryl methyl sites for hydroxylation is 1. The predicted molar refractivity (Wildman–Crippen MR) is 118 cm³/mol. The van der Waals surface area contributed by atoms with Gasteiger partial charge in [-0.2, -0.15) is 4.52 Å². The molecule has 1 aliphatic rings. The largest absolute Gasteiger partial charge is 0.367 e. The third-order valence-corrected chi connectivity index (χ3v) is 5.74. The van der Waals surface area contributed by atoms with Crippen molar-refractivity contribution < 1.29 is 0 Å². The van der Waals surface area contributed by atoms with E-state index in [1.54, 1.807) is 16.8 Å². The van der Waals surface area contributed by atoms with Crippen molar-refractivity contribution in [2.24, 2.45) is 0 Å². The first-order chi connectivity index (χ1) is 14.6. The molecule has 1 fully saturated rings. The highest BCUT2D eigenvalue weighted by atomic mass is 16.1. The third-order valence-electron chi connectivity index (χ3n) is 5.74. The average molecular weight is 401 g/mol. The van der Waals surface area contributed by atoms with Crippen molar-refractivity contribution in [2.75, 3.05) is 18.0 Å². The molecule has 0 radical (unpaired) electrons. The van der Waals surface area contributed by atoms with Gasteiger partial charge in [0.15, 0.2) is 5.65 Å². The summed E-state index contributed by atoms with van der Waals surface area (Å²) in [7, 11) is 0. The molecule has 0 bridgehead atoms. The Kier molecular flexibility index (Phi) is 4.50. The van der Waals surface area contributed by atoms with Crippen LogP contribution in [0.2, 0.25) is 0 Å². The number of aromatic amines is 2. The number of nitrogens with zero attached hydrogens (tertiary/aromatic N) is 3. The van der Waals surface area contributed by atoms with Crippen molar-refractivity contribution in [3.63, 3.8) is 0 Å². The lowest BCUT2D eigenvalue weighted by Crippen LogP contribution is -2.30. The van der Waals surface area contributed by atoms with E-state index in [1.807, 2.05) is 37.3 Å². The molecule has 5 rings (SSSR count). The second-order valence-electron chi connectivity index (χ2n) is 7.73. The maximum Gasteiger partial charge on any atom is 0.280 e. The number of rotatable bonds is 3. The third kappa shape index (κ3) is 3.03. The van der Waals surface area contributed by atoms with E-state index < -0.39 is 0 Å². The van der Waals surface area contributed by atoms with Gasteiger partial charge in [0.05, 0.1) is 17.0 Å². The van der Waals surface area contributed by atoms with Crippen LogP contribution in [0.4, 0.5) is 5.69 Å². The number of anilines is 1. The van der Waals surface area contributed by atoms with Crippen molar-refractivity contribution in [2.45, 2.75) is 26.2 Å². The molecule has 30 heavy (non-hydrogen) atoms. The first-order valence-corrected chi connectivity index (χ1v) is 10.3. The topological polar surface area (TPSA) is 86.3 Å². The Hall–Kier alpha value is -3.61. The normalized spacial score (nSPS) is 14.4. The minimum Gasteiger partial charge on any atom is -0.367 e. The van der Waals surface area contributed by atoms with Crippen molar-refractivity contribution in [3.8, 4) is 22.4 Å². The molecule has 2 N–H and O–H groups in total. The number of benzene rings is 1. The number of aromatic nitrogens is 4. The van der Waals surface area contributed by atoms with Gasteiger partial charge in [-0.05, 0) is 32.3 Å². The van der Waals surface area contributed by atoms with Crippen LogP contribution in [-0.4, -0.2) is 32.7 Å². The summed E-state index contributed by atoms with van der Waals surface area (Å²) in [4.78, 5) is 34.8. The summed E-state index contributed by atoms with van der Waals surface area (Å²) in [5, 5.41) is 3.32. The summed E-state index contributed by atoms with van der Waals surface area (Å²) >= 11 is 0. The number of nitrogens with one attached hydrogen (secondary N) is 2. The monoisotopic (exact) mass is 401 g/mol. The Balaban J connectivity index is 1.79. The van der Waals surface area contributed by atoms with Gasteiger partial charge in [0, 0.05) is 36.5 Å². The van der Waals surface area contributed by atoms with E-state index in [4.69, 9.17) is 4.98 Å². The molecule has 0 aliphatic carbocycles. The second kappa shape index (κ2) is 7.33. The Labute approximate surface area is 173 Å². The molecule has 1 aromatic carbocycles. The molecule has 4 aromatic rings. The molecule has 0 saturated carbocycles. The van der Waals surface area contributed by atoms with E-state index in [0.29, 0.717) is 22.5 Å². The molecule has 7 heteroatoms. The molecule has 3 aromatic heterocycles. The molecule has 0 amide bonds. The Morgan fingerprint density at radius 3 is 2.40 bits per heavy atom. The van der Waals surface area contributed by atoms with Gasteiger partial charge >= 0.3 is 0 Å². The van der Waals surface area contributed by atoms with Crippen molar-refractivity contribution in [1.82, 2.24) is 19.6 Å². The lowest BCUT2D eigenvalue weighted by molar-refractivity contribution is 0.579. The Bertz CT molecular complexity index is 1310. The lowest BCUT2D eigenvalue weighted by Gasteiger charge is -2.28. The summed E-state index contributed by atoms with van der Waals surface area (Å²) in [6.07, 6.45) is 5.05. The zero-order valence-electron chi connectivity index (χ0n) is 16.8. The van der Waals surface area contributed by atoms with Crippen molar-refractivity contribution in [3.05, 3.63) is 75.1 Å². The van der Waals surface area contributed by atoms with Gasteiger partial charge in [-0.1, -0.05) is 30.3 Å². The van der Waals surface area contributed by atoms with Crippen LogP contribution in [0.15, 0.2) is 58.3 Å². The van der Waals surface area contributed by atoms with Gasteiger partial charge in [-0.15, -0.1) is 0 Å². The fourth-order valence-electron chi connectivity index (χ4n) is 4.29. The van der Waals surface area contributed by atoms with E-state index in [-0.39, 0.29) is 11.1 Å². The minimum absolute atomic E-state index is 0.176. The summed E-state index contributed by atoms with van der Waals surface area (Å²) in [6.45, 7) is 3.74. The molecule has 7 nitrogen and oxygen atoms in total. The highest BCUT2D eigenvalue weighted by Crippen LogP contribution is 2.35. The van der Waals surface area contributed by atoms with Crippen LogP contribution < -0.4 is 16.0 Å². The average Bonchev–Trinajstić information content (AvgIpc) is 3.16. The smallest absolute Gasteiger partial charge is 0.280 e. The van der Waals surface area contributed by atoms with Crippen LogP contribution in [0.3, 0.4) is 0 Å². The molecule has 0 spiro atoms. The van der Waals surface area contributed by atoms with E-state index in [2.05, 4.69) is 15.0 Å². The quantitative estimate of drug-likeness (QED) is 0.551. The van der Waals surface area contributed by atoms with E-state index in [9.17, 15) is 9.59 Å². The van der Waals surface area contributed by atoms with Crippen LogP contribution in [-0.2, 0) is 0 Å². The van der Waals surface area contributed by atoms with E-state index >= 15 is 0 Å².